The van der Waals surface area contributed by atoms with Crippen LogP contribution in [0.2, 0.25) is 0 Å². The van der Waals surface area contributed by atoms with Gasteiger partial charge in [0.2, 0.25) is 0 Å². The van der Waals surface area contributed by atoms with Crippen LogP contribution in [0.3, 0.4) is 0 Å². The zero-order valence-electron chi connectivity index (χ0n) is 15.5. The summed E-state index contributed by atoms with van der Waals surface area (Å²) in [5.41, 5.74) is 0.758. The van der Waals surface area contributed by atoms with Crippen molar-refractivity contribution in [3.63, 3.8) is 0 Å². The summed E-state index contributed by atoms with van der Waals surface area (Å²) in [6.45, 7) is 0. The molecule has 156 valence electrons. The van der Waals surface area contributed by atoms with Gasteiger partial charge >= 0.3 is 6.18 Å². The van der Waals surface area contributed by atoms with E-state index in [0.29, 0.717) is 29.7 Å². The van der Waals surface area contributed by atoms with E-state index in [1.165, 1.54) is 18.2 Å². The lowest BCUT2D eigenvalue weighted by Crippen LogP contribution is -2.28. The van der Waals surface area contributed by atoms with Gasteiger partial charge in [-0.25, -0.2) is 12.8 Å². The average molecular weight is 437 g/mol. The molecule has 0 N–H and O–H groups in total. The fraction of sp³-hybridized carbons (Fsp3) is 0.286. The van der Waals surface area contributed by atoms with Gasteiger partial charge in [-0.1, -0.05) is 12.1 Å². The Morgan fingerprint density at radius 2 is 1.73 bits per heavy atom. The van der Waals surface area contributed by atoms with Crippen LogP contribution in [-0.4, -0.2) is 24.5 Å². The zero-order valence-corrected chi connectivity index (χ0v) is 16.3. The van der Waals surface area contributed by atoms with Crippen molar-refractivity contribution in [3.8, 4) is 0 Å². The highest BCUT2D eigenvalue weighted by molar-refractivity contribution is 7.91. The van der Waals surface area contributed by atoms with Crippen molar-refractivity contribution in [2.24, 2.45) is 0 Å². The fourth-order valence-electron chi connectivity index (χ4n) is 4.61. The molecule has 0 amide bonds. The molecule has 0 unspecified atom stereocenters. The van der Waals surface area contributed by atoms with Gasteiger partial charge in [-0.05, 0) is 42.7 Å². The first-order valence-corrected chi connectivity index (χ1v) is 11.0. The summed E-state index contributed by atoms with van der Waals surface area (Å²) in [7, 11) is -3.92. The van der Waals surface area contributed by atoms with E-state index in [0.717, 1.165) is 18.2 Å². The molecule has 1 aliphatic heterocycles. The molecule has 9 heteroatoms. The number of fused-ring (bicyclic) bond motifs is 3. The molecule has 0 saturated heterocycles. The monoisotopic (exact) mass is 437 g/mol. The third kappa shape index (κ3) is 2.71. The van der Waals surface area contributed by atoms with Crippen LogP contribution in [0.15, 0.2) is 41.3 Å². The standard InChI is InChI=1S/C21H15F4NO3S/c22-13-8-14-19-15(2-1-3-17(19)27)26-16(10-30(28,29)18(9-13)20(14)26)11-4-6-12(7-5-11)21(23,24)25/h4-9,16H,1-3,10H2/t16-/m0/s1. The van der Waals surface area contributed by atoms with E-state index in [9.17, 15) is 30.8 Å². The summed E-state index contributed by atoms with van der Waals surface area (Å²) >= 11 is 0. The molecule has 2 aromatic carbocycles. The van der Waals surface area contributed by atoms with Crippen LogP contribution in [0.4, 0.5) is 17.6 Å². The third-order valence-electron chi connectivity index (χ3n) is 5.87. The third-order valence-corrected chi connectivity index (χ3v) is 7.61. The van der Waals surface area contributed by atoms with E-state index in [1.54, 1.807) is 4.57 Å². The van der Waals surface area contributed by atoms with Crippen LogP contribution >= 0.6 is 0 Å². The lowest BCUT2D eigenvalue weighted by atomic mass is 9.94. The molecule has 0 saturated carbocycles. The maximum atomic E-state index is 14.2. The number of ketones is 1. The Morgan fingerprint density at radius 1 is 1.03 bits per heavy atom. The van der Waals surface area contributed by atoms with Crippen LogP contribution < -0.4 is 0 Å². The minimum atomic E-state index is -4.51. The second-order valence-electron chi connectivity index (χ2n) is 7.69. The Bertz CT molecular complexity index is 1320. The number of nitrogens with zero attached hydrogens (tertiary/aromatic N) is 1. The lowest BCUT2D eigenvalue weighted by Gasteiger charge is -2.29. The summed E-state index contributed by atoms with van der Waals surface area (Å²) in [6, 6.07) is 5.68. The molecule has 3 aromatic rings. The summed E-state index contributed by atoms with van der Waals surface area (Å²) in [6.07, 6.45) is -3.14. The van der Waals surface area contributed by atoms with E-state index in [1.807, 2.05) is 0 Å². The van der Waals surface area contributed by atoms with Gasteiger partial charge in [0.1, 0.15) is 5.82 Å². The number of carbonyl (C=O) groups is 1. The molecular formula is C21H15F4NO3S. The van der Waals surface area contributed by atoms with Gasteiger partial charge in [-0.15, -0.1) is 0 Å². The lowest BCUT2D eigenvalue weighted by molar-refractivity contribution is -0.137. The van der Waals surface area contributed by atoms with Crippen molar-refractivity contribution in [2.45, 2.75) is 36.4 Å². The van der Waals surface area contributed by atoms with E-state index >= 15 is 0 Å². The number of alkyl halides is 3. The number of hydrogen-bond donors (Lipinski definition) is 0. The molecule has 2 aliphatic rings. The smallest absolute Gasteiger partial charge is 0.334 e. The summed E-state index contributed by atoms with van der Waals surface area (Å²) in [5, 5.41) is 0.255. The first-order valence-electron chi connectivity index (χ1n) is 9.37. The van der Waals surface area contributed by atoms with E-state index in [4.69, 9.17) is 0 Å². The minimum absolute atomic E-state index is 0.178. The first-order chi connectivity index (χ1) is 14.1. The highest BCUT2D eigenvalue weighted by Gasteiger charge is 2.39. The molecular weight excluding hydrogens is 422 g/mol. The molecule has 0 radical (unpaired) electrons. The Kier molecular flexibility index (Phi) is 3.96. The van der Waals surface area contributed by atoms with Crippen LogP contribution in [0.5, 0.6) is 0 Å². The number of hydrogen-bond acceptors (Lipinski definition) is 3. The molecule has 0 bridgehead atoms. The quantitative estimate of drug-likeness (QED) is 0.519. The summed E-state index contributed by atoms with van der Waals surface area (Å²) < 4.78 is 80.8. The van der Waals surface area contributed by atoms with Crippen molar-refractivity contribution in [1.29, 1.82) is 0 Å². The van der Waals surface area contributed by atoms with Gasteiger partial charge in [-0.3, -0.25) is 4.79 Å². The molecule has 30 heavy (non-hydrogen) atoms. The minimum Gasteiger partial charge on any atom is -0.334 e. The number of Topliss-reactive ketones (excluding diaryl/α,β-unsaturated/α-hetero) is 1. The van der Waals surface area contributed by atoms with E-state index in [2.05, 4.69) is 0 Å². The molecule has 5 rings (SSSR count). The van der Waals surface area contributed by atoms with Crippen LogP contribution in [0.25, 0.3) is 10.9 Å². The first kappa shape index (κ1) is 19.3. The van der Waals surface area contributed by atoms with Crippen molar-refractivity contribution in [1.82, 2.24) is 4.57 Å². The molecule has 1 atom stereocenters. The SMILES string of the molecule is O=C1CCCc2c1c1cc(F)cc3c1n2[C@H](c1ccc(C(F)(F)F)cc1)CS3(=O)=O. The molecule has 4 nitrogen and oxygen atoms in total. The Balaban J connectivity index is 1.82. The van der Waals surface area contributed by atoms with Gasteiger partial charge in [0.15, 0.2) is 15.6 Å². The summed E-state index contributed by atoms with van der Waals surface area (Å²) in [5.74, 6) is -1.34. The predicted octanol–water partition coefficient (Wildman–Crippen LogP) is 4.69. The van der Waals surface area contributed by atoms with Gasteiger partial charge in [0, 0.05) is 23.1 Å². The van der Waals surface area contributed by atoms with Crippen molar-refractivity contribution in [3.05, 3.63) is 64.6 Å². The number of sulfone groups is 1. The highest BCUT2D eigenvalue weighted by atomic mass is 32.2. The van der Waals surface area contributed by atoms with Gasteiger partial charge < -0.3 is 4.57 Å². The topological polar surface area (TPSA) is 56.1 Å². The van der Waals surface area contributed by atoms with E-state index in [-0.39, 0.29) is 28.0 Å². The number of aromatic nitrogens is 1. The second-order valence-corrected chi connectivity index (χ2v) is 9.69. The Hall–Kier alpha value is -2.68. The number of halogens is 4. The Morgan fingerprint density at radius 3 is 2.40 bits per heavy atom. The van der Waals surface area contributed by atoms with Crippen LogP contribution in [0, 0.1) is 5.82 Å². The zero-order chi connectivity index (χ0) is 21.4. The highest BCUT2D eigenvalue weighted by Crippen LogP contribution is 2.44. The molecule has 1 aliphatic carbocycles. The Labute approximate surface area is 169 Å². The predicted molar refractivity (Wildman–Crippen MR) is 101 cm³/mol. The van der Waals surface area contributed by atoms with Gasteiger partial charge in [-0.2, -0.15) is 13.2 Å². The van der Waals surface area contributed by atoms with Crippen molar-refractivity contribution < 1.29 is 30.8 Å². The number of carbonyl (C=O) groups excluding carboxylic acids is 1. The normalized spacial score (nSPS) is 20.4. The number of benzene rings is 2. The average Bonchev–Trinajstić information content (AvgIpc) is 3.00. The molecule has 1 aromatic heterocycles. The summed E-state index contributed by atoms with van der Waals surface area (Å²) in [4.78, 5) is 12.4. The second kappa shape index (κ2) is 6.16. The van der Waals surface area contributed by atoms with Gasteiger partial charge in [0.25, 0.3) is 0 Å². The number of rotatable bonds is 1. The molecule has 2 heterocycles. The van der Waals surface area contributed by atoms with Crippen LogP contribution in [-0.2, 0) is 22.4 Å². The largest absolute Gasteiger partial charge is 0.416 e. The molecule has 0 spiro atoms. The fourth-order valence-corrected chi connectivity index (χ4v) is 6.35. The van der Waals surface area contributed by atoms with E-state index < -0.39 is 39.2 Å². The van der Waals surface area contributed by atoms with Gasteiger partial charge in [0.05, 0.1) is 27.8 Å². The van der Waals surface area contributed by atoms with Crippen molar-refractivity contribution in [2.75, 3.05) is 5.75 Å². The van der Waals surface area contributed by atoms with Crippen LogP contribution in [0.1, 0.15) is 46.1 Å². The maximum absolute atomic E-state index is 14.2. The molecule has 0 fully saturated rings. The maximum Gasteiger partial charge on any atom is 0.416 e. The van der Waals surface area contributed by atoms with Crippen molar-refractivity contribution >= 4 is 26.5 Å².